The molecule has 0 unspecified atom stereocenters. The van der Waals surface area contributed by atoms with E-state index < -0.39 is 15.7 Å². The zero-order valence-corrected chi connectivity index (χ0v) is 16.5. The Balaban J connectivity index is 2.03. The molecule has 1 aliphatic rings. The Bertz CT molecular complexity index is 1170. The minimum atomic E-state index is -4.01. The molecule has 0 bridgehead atoms. The first kappa shape index (κ1) is 18.2. The van der Waals surface area contributed by atoms with Crippen molar-refractivity contribution in [2.45, 2.75) is 42.4 Å². The third-order valence-electron chi connectivity index (χ3n) is 4.93. The van der Waals surface area contributed by atoms with Crippen LogP contribution in [0.5, 0.6) is 0 Å². The first-order chi connectivity index (χ1) is 12.8. The number of rotatable bonds is 3. The summed E-state index contributed by atoms with van der Waals surface area (Å²) >= 11 is 5.80. The second kappa shape index (κ2) is 6.45. The molecule has 2 aromatic heterocycles. The van der Waals surface area contributed by atoms with Crippen molar-refractivity contribution in [1.82, 2.24) is 14.6 Å². The Kier molecular flexibility index (Phi) is 4.35. The van der Waals surface area contributed by atoms with Crippen molar-refractivity contribution < 1.29 is 12.8 Å². The predicted octanol–water partition coefficient (Wildman–Crippen LogP) is 3.58. The van der Waals surface area contributed by atoms with Crippen LogP contribution in [-0.2, 0) is 22.7 Å². The van der Waals surface area contributed by atoms with Gasteiger partial charge in [0.15, 0.2) is 16.4 Å². The number of hydrogen-bond donors (Lipinski definition) is 1. The maximum absolute atomic E-state index is 13.5. The Morgan fingerprint density at radius 3 is 2.70 bits per heavy atom. The van der Waals surface area contributed by atoms with Crippen molar-refractivity contribution in [1.29, 1.82) is 0 Å². The fourth-order valence-electron chi connectivity index (χ4n) is 3.59. The molecular formula is C18H18ClFN4O2S. The van der Waals surface area contributed by atoms with E-state index in [1.807, 2.05) is 6.92 Å². The van der Waals surface area contributed by atoms with Crippen molar-refractivity contribution in [3.63, 3.8) is 0 Å². The molecule has 0 atom stereocenters. The van der Waals surface area contributed by atoms with Gasteiger partial charge in [-0.05, 0) is 56.4 Å². The number of hydrogen-bond acceptors (Lipinski definition) is 5. The van der Waals surface area contributed by atoms with E-state index in [-0.39, 0.29) is 26.3 Å². The van der Waals surface area contributed by atoms with Crippen LogP contribution in [0, 0.1) is 12.7 Å². The molecule has 0 spiro atoms. The summed E-state index contributed by atoms with van der Waals surface area (Å²) in [5, 5.41) is 7.08. The lowest BCUT2D eigenvalue weighted by Crippen LogP contribution is -2.14. The van der Waals surface area contributed by atoms with Gasteiger partial charge in [0, 0.05) is 18.4 Å². The molecule has 0 amide bonds. The summed E-state index contributed by atoms with van der Waals surface area (Å²) in [6.07, 6.45) is 3.84. The van der Waals surface area contributed by atoms with Crippen LogP contribution < -0.4 is 5.32 Å². The highest BCUT2D eigenvalue weighted by Gasteiger charge is 2.31. The molecule has 0 fully saturated rings. The number of benzene rings is 1. The molecule has 0 aliphatic heterocycles. The van der Waals surface area contributed by atoms with E-state index in [0.717, 1.165) is 54.8 Å². The first-order valence-electron chi connectivity index (χ1n) is 8.63. The van der Waals surface area contributed by atoms with Gasteiger partial charge < -0.3 is 5.32 Å². The molecule has 4 rings (SSSR count). The molecule has 0 radical (unpaired) electrons. The van der Waals surface area contributed by atoms with E-state index in [0.29, 0.717) is 0 Å². The first-order valence-corrected chi connectivity index (χ1v) is 10.5. The molecule has 6 nitrogen and oxygen atoms in total. The Hall–Kier alpha value is -2.19. The zero-order valence-electron chi connectivity index (χ0n) is 14.9. The number of nitrogens with one attached hydrogen (secondary N) is 1. The summed E-state index contributed by atoms with van der Waals surface area (Å²) in [5.74, 6) is -0.464. The maximum atomic E-state index is 13.5. The van der Waals surface area contributed by atoms with Gasteiger partial charge in [0.2, 0.25) is 9.84 Å². The quantitative estimate of drug-likeness (QED) is 0.670. The smallest absolute Gasteiger partial charge is 0.214 e. The van der Waals surface area contributed by atoms with Gasteiger partial charge in [0.1, 0.15) is 5.82 Å². The van der Waals surface area contributed by atoms with Gasteiger partial charge in [-0.1, -0.05) is 11.6 Å². The van der Waals surface area contributed by atoms with E-state index in [1.54, 1.807) is 11.6 Å². The fraction of sp³-hybridized carbons (Fsp3) is 0.333. The summed E-state index contributed by atoms with van der Waals surface area (Å²) in [7, 11) is -2.40. The summed E-state index contributed by atoms with van der Waals surface area (Å²) in [6.45, 7) is 1.89. The van der Waals surface area contributed by atoms with Crippen LogP contribution in [0.25, 0.3) is 5.65 Å². The normalized spacial score (nSPS) is 14.4. The van der Waals surface area contributed by atoms with E-state index >= 15 is 0 Å². The highest BCUT2D eigenvalue weighted by atomic mass is 35.5. The second-order valence-corrected chi connectivity index (χ2v) is 8.87. The van der Waals surface area contributed by atoms with Crippen molar-refractivity contribution in [2.24, 2.45) is 0 Å². The lowest BCUT2D eigenvalue weighted by Gasteiger charge is -2.18. The molecular weight excluding hydrogens is 391 g/mol. The summed E-state index contributed by atoms with van der Waals surface area (Å²) < 4.78 is 41.8. The fourth-order valence-corrected chi connectivity index (χ4v) is 5.36. The van der Waals surface area contributed by atoms with Crippen molar-refractivity contribution in [2.75, 3.05) is 12.4 Å². The van der Waals surface area contributed by atoms with Gasteiger partial charge in [-0.25, -0.2) is 22.3 Å². The topological polar surface area (TPSA) is 76.4 Å². The number of halogens is 2. The third kappa shape index (κ3) is 2.78. The van der Waals surface area contributed by atoms with Crippen LogP contribution in [0.1, 0.15) is 29.8 Å². The predicted molar refractivity (Wildman–Crippen MR) is 101 cm³/mol. The number of aryl methyl sites for hydroxylation is 2. The lowest BCUT2D eigenvalue weighted by atomic mass is 9.95. The molecule has 0 saturated carbocycles. The van der Waals surface area contributed by atoms with Crippen LogP contribution >= 0.6 is 11.6 Å². The average molecular weight is 409 g/mol. The minimum absolute atomic E-state index is 0.0239. The number of aromatic nitrogens is 3. The van der Waals surface area contributed by atoms with Crippen LogP contribution in [0.4, 0.5) is 10.2 Å². The van der Waals surface area contributed by atoms with Gasteiger partial charge in [0.05, 0.1) is 9.92 Å². The number of anilines is 1. The van der Waals surface area contributed by atoms with Crippen LogP contribution in [-0.4, -0.2) is 30.1 Å². The molecule has 3 aromatic rings. The Morgan fingerprint density at radius 1 is 1.26 bits per heavy atom. The molecule has 2 heterocycles. The summed E-state index contributed by atoms with van der Waals surface area (Å²) in [4.78, 5) is 4.44. The monoisotopic (exact) mass is 408 g/mol. The van der Waals surface area contributed by atoms with E-state index in [2.05, 4.69) is 15.4 Å². The van der Waals surface area contributed by atoms with Crippen LogP contribution in [0.15, 0.2) is 28.0 Å². The highest BCUT2D eigenvalue weighted by molar-refractivity contribution is 7.91. The molecule has 27 heavy (non-hydrogen) atoms. The van der Waals surface area contributed by atoms with Crippen LogP contribution in [0.2, 0.25) is 5.02 Å². The molecule has 0 saturated heterocycles. The molecule has 142 valence electrons. The van der Waals surface area contributed by atoms with E-state index in [4.69, 9.17) is 11.6 Å². The number of nitrogens with zero attached hydrogens (tertiary/aromatic N) is 3. The van der Waals surface area contributed by atoms with Gasteiger partial charge in [-0.15, -0.1) is 5.10 Å². The average Bonchev–Trinajstić information content (AvgIpc) is 3.03. The van der Waals surface area contributed by atoms with E-state index in [1.165, 1.54) is 6.07 Å². The maximum Gasteiger partial charge on any atom is 0.214 e. The summed E-state index contributed by atoms with van der Waals surface area (Å²) in [6, 6.07) is 3.35. The number of fused-ring (bicyclic) bond motifs is 3. The van der Waals surface area contributed by atoms with Crippen molar-refractivity contribution in [3.05, 3.63) is 46.0 Å². The SMILES string of the molecule is CNc1nn2c3c(c(C)nc2c1S(=O)(=O)c1ccc(F)c(Cl)c1)CCCC3. The lowest BCUT2D eigenvalue weighted by molar-refractivity contribution is 0.595. The minimum Gasteiger partial charge on any atom is -0.370 e. The molecule has 1 aromatic carbocycles. The highest BCUT2D eigenvalue weighted by Crippen LogP contribution is 2.34. The van der Waals surface area contributed by atoms with E-state index in [9.17, 15) is 12.8 Å². The Labute approximate surface area is 161 Å². The van der Waals surface area contributed by atoms with Gasteiger partial charge in [-0.2, -0.15) is 0 Å². The summed E-state index contributed by atoms with van der Waals surface area (Å²) in [5.41, 5.74) is 3.22. The van der Waals surface area contributed by atoms with Gasteiger partial charge in [0.25, 0.3) is 0 Å². The van der Waals surface area contributed by atoms with Crippen LogP contribution in [0.3, 0.4) is 0 Å². The zero-order chi connectivity index (χ0) is 19.3. The standard InChI is InChI=1S/C18H18ClFN4O2S/c1-10-12-5-3-4-6-15(12)24-18(22-10)16(17(21-2)23-24)27(25,26)11-7-8-14(20)13(19)9-11/h7-9H,3-6H2,1-2H3,(H,21,23). The van der Waals surface area contributed by atoms with Gasteiger partial charge in [-0.3, -0.25) is 0 Å². The van der Waals surface area contributed by atoms with Crippen molar-refractivity contribution >= 4 is 32.9 Å². The Morgan fingerprint density at radius 2 is 2.00 bits per heavy atom. The largest absolute Gasteiger partial charge is 0.370 e. The second-order valence-electron chi connectivity index (χ2n) is 6.57. The molecule has 1 N–H and O–H groups in total. The molecule has 9 heteroatoms. The third-order valence-corrected chi connectivity index (χ3v) is 7.01. The van der Waals surface area contributed by atoms with Gasteiger partial charge >= 0.3 is 0 Å². The van der Waals surface area contributed by atoms with Crippen molar-refractivity contribution in [3.8, 4) is 0 Å². The number of sulfone groups is 1. The molecule has 1 aliphatic carbocycles.